The van der Waals surface area contributed by atoms with Crippen molar-refractivity contribution < 1.29 is 49.6 Å². The predicted molar refractivity (Wildman–Crippen MR) is 326 cm³/mol. The Balaban J connectivity index is 0.851. The third kappa shape index (κ3) is 5.93. The van der Waals surface area contributed by atoms with Gasteiger partial charge in [0.2, 0.25) is 5.79 Å². The lowest BCUT2D eigenvalue weighted by atomic mass is 9.36. The van der Waals surface area contributed by atoms with Gasteiger partial charge in [-0.05, 0) is 230 Å². The van der Waals surface area contributed by atoms with Crippen LogP contribution in [0.15, 0.2) is 78.9 Å². The number of nitrogens with one attached hydrogen (secondary N) is 2. The van der Waals surface area contributed by atoms with Gasteiger partial charge >= 0.3 is 5.97 Å². The summed E-state index contributed by atoms with van der Waals surface area (Å²) in [6.45, 7) is -0.459. The summed E-state index contributed by atoms with van der Waals surface area (Å²) in [5.41, 5.74) is -1.94. The van der Waals surface area contributed by atoms with Crippen molar-refractivity contribution in [3.8, 4) is 11.5 Å². The molecule has 9 saturated carbocycles. The summed E-state index contributed by atoms with van der Waals surface area (Å²) in [6.07, 6.45) is 16.2. The van der Waals surface area contributed by atoms with Crippen molar-refractivity contribution in [3.05, 3.63) is 95.7 Å². The van der Waals surface area contributed by atoms with Gasteiger partial charge in [0.05, 0.1) is 35.4 Å². The zero-order chi connectivity index (χ0) is 57.2. The zero-order valence-electron chi connectivity index (χ0n) is 48.7. The van der Waals surface area contributed by atoms with Gasteiger partial charge in [-0.25, -0.2) is 4.79 Å². The molecule has 15 aliphatic rings. The minimum atomic E-state index is -2.67. The highest BCUT2D eigenvalue weighted by Crippen LogP contribution is 2.88. The summed E-state index contributed by atoms with van der Waals surface area (Å²) in [7, 11) is 5.88. The average molecular weight is 1190 g/mol. The predicted octanol–water partition coefficient (Wildman–Crippen LogP) is 11.1. The minimum Gasteiger partial charge on any atom is -0.508 e. The van der Waals surface area contributed by atoms with Gasteiger partial charge in [-0.15, -0.1) is 0 Å². The van der Waals surface area contributed by atoms with Crippen LogP contribution >= 0.6 is 21.6 Å². The number of benzene rings is 4. The van der Waals surface area contributed by atoms with Gasteiger partial charge in [0.25, 0.3) is 0 Å². The fourth-order valence-electron chi connectivity index (χ4n) is 26.9. The van der Waals surface area contributed by atoms with Crippen molar-refractivity contribution in [1.82, 2.24) is 10.3 Å². The van der Waals surface area contributed by atoms with Crippen LogP contribution < -0.4 is 10.1 Å². The van der Waals surface area contributed by atoms with E-state index in [2.05, 4.69) is 58.9 Å². The first-order valence-corrected chi connectivity index (χ1v) is 35.6. The number of rotatable bonds is 4. The maximum absolute atomic E-state index is 16.3. The summed E-state index contributed by atoms with van der Waals surface area (Å²) in [5.74, 6) is -0.913. The van der Waals surface area contributed by atoms with Crippen molar-refractivity contribution >= 4 is 60.0 Å². The number of fused-ring (bicyclic) bond motifs is 11. The van der Waals surface area contributed by atoms with Crippen molar-refractivity contribution in [2.75, 3.05) is 18.6 Å². The first-order valence-electron chi connectivity index (χ1n) is 33.1. The molecule has 5 heterocycles. The van der Waals surface area contributed by atoms with Crippen molar-refractivity contribution in [2.45, 2.75) is 181 Å². The van der Waals surface area contributed by atoms with Gasteiger partial charge < -0.3 is 55.2 Å². The van der Waals surface area contributed by atoms with Crippen molar-refractivity contribution in [3.63, 3.8) is 0 Å². The number of carbonyl (C=O) groups excluding carboxylic acids is 1. The van der Waals surface area contributed by atoms with E-state index in [1.54, 1.807) is 0 Å². The fraction of sp³-hybridized carbons (Fsp3) is 0.648. The number of aliphatic hydroxyl groups is 5. The second kappa shape index (κ2) is 17.6. The second-order valence-corrected chi connectivity index (χ2v) is 33.2. The highest BCUT2D eigenvalue weighted by atomic mass is 33.1. The maximum atomic E-state index is 16.3. The van der Waals surface area contributed by atoms with Crippen LogP contribution in [0.1, 0.15) is 138 Å². The number of H-pyrrole nitrogens is 1. The molecule has 14 heteroatoms. The normalized spacial score (nSPS) is 48.7. The van der Waals surface area contributed by atoms with E-state index >= 15 is 4.79 Å². The molecule has 0 unspecified atom stereocenters. The molecule has 4 aromatic carbocycles. The Morgan fingerprint density at radius 3 is 2.45 bits per heavy atom. The van der Waals surface area contributed by atoms with E-state index in [0.29, 0.717) is 47.7 Å². The molecule has 6 spiro atoms. The van der Waals surface area contributed by atoms with E-state index < -0.39 is 93.4 Å². The largest absolute Gasteiger partial charge is 0.508 e. The Morgan fingerprint density at radius 1 is 0.800 bits per heavy atom. The van der Waals surface area contributed by atoms with Crippen molar-refractivity contribution in [2.24, 2.45) is 80.3 Å². The maximum Gasteiger partial charge on any atom is 0.343 e. The van der Waals surface area contributed by atoms with Gasteiger partial charge in [-0.3, -0.25) is 0 Å². The van der Waals surface area contributed by atoms with E-state index in [1.807, 2.05) is 59.0 Å². The Kier molecular flexibility index (Phi) is 11.0. The van der Waals surface area contributed by atoms with Crippen LogP contribution in [0.5, 0.6) is 11.5 Å². The second-order valence-electron chi connectivity index (χ2n) is 30.6. The Bertz CT molecular complexity index is 3710. The number of hydrogen-bond donors (Lipinski definition) is 8. The van der Waals surface area contributed by atoms with Crippen molar-refractivity contribution in [1.29, 1.82) is 0 Å². The first-order chi connectivity index (χ1) is 41.3. The topological polar surface area (TPSA) is 194 Å². The van der Waals surface area contributed by atoms with Crippen LogP contribution in [-0.2, 0) is 26.3 Å². The lowest BCUT2D eigenvalue weighted by Gasteiger charge is -2.72. The molecule has 23 atom stereocenters. The number of carbonyl (C=O) groups is 1. The van der Waals surface area contributed by atoms with Crippen LogP contribution in [0.3, 0.4) is 0 Å². The lowest BCUT2D eigenvalue weighted by molar-refractivity contribution is -0.411. The number of phenolic OH excluding ortho intramolecular Hbond substituents is 1. The molecular weight excluding hydrogens is 1100 g/mol. The molecule has 20 rings (SSSR count). The molecule has 0 amide bonds. The fourth-order valence-corrected chi connectivity index (χ4v) is 29.6. The Morgan fingerprint density at radius 2 is 1.61 bits per heavy atom. The van der Waals surface area contributed by atoms with Crippen LogP contribution in [0.25, 0.3) is 32.4 Å². The van der Waals surface area contributed by atoms with E-state index in [0.717, 1.165) is 117 Å². The number of aliphatic hydroxyl groups excluding tert-OH is 3. The number of phenols is 1. The molecule has 85 heavy (non-hydrogen) atoms. The van der Waals surface area contributed by atoms with Gasteiger partial charge in [0.15, 0.2) is 17.5 Å². The molecule has 12 nitrogen and oxygen atoms in total. The number of aromatic hydroxyl groups is 1. The molecular formula is C71H82N2O10S2. The van der Waals surface area contributed by atoms with Gasteiger partial charge in [-0.2, -0.15) is 0 Å². The number of aromatic amines is 1. The number of aromatic nitrogens is 1. The minimum absolute atomic E-state index is 0.0893. The van der Waals surface area contributed by atoms with E-state index in [4.69, 9.17) is 14.2 Å². The number of hydrogen-bond acceptors (Lipinski definition) is 13. The standard InChI is InChI=1S/C71H82N2O10S2/c1-72-53-35-85-84-34-48-43-14-10-39-28-41-18-22-67(69(41,56(39)43)49-15-13-42(75)30-45(48)49)59(76)47(53)31-46-50-32-68(65-21-6-9-40(65)12-17-54-64(19-4-5-20-64)23-24-66(54,68)26-25-65)63(78)71(80)70(50,79)61(82-60(46)67)58(83-71)62(77)81-57-52(33-74)73-51-16-11-38-27-36-7-2-3-8-37(36)29-44(38)55(51)57/h2-3,7-8,11-13,15-17,27,29-30,39-41,43,46-48,50,53-54,56,58-61,63,72-76,78-80H,4-6,9-10,14,18-26,28,31-35H2,1H3/t39-,40+,41-,43+,46-,47+,48+,50-,53-,54+,56+,58+,59+,60+,61-,63+,65+,66-,67-,68+,69+,70+,71-/m0/s1. The quantitative estimate of drug-likeness (QED) is 0.0367. The monoisotopic (exact) mass is 1190 g/mol. The molecule has 4 aliphatic heterocycles. The third-order valence-corrected chi connectivity index (χ3v) is 31.7. The van der Waals surface area contributed by atoms with Crippen LogP contribution in [0.4, 0.5) is 0 Å². The number of esters is 1. The van der Waals surface area contributed by atoms with Gasteiger partial charge in [0, 0.05) is 45.6 Å². The first kappa shape index (κ1) is 53.2. The van der Waals surface area contributed by atoms with Gasteiger partial charge in [0.1, 0.15) is 18.0 Å². The van der Waals surface area contributed by atoms with E-state index in [-0.39, 0.29) is 58.5 Å². The highest BCUT2D eigenvalue weighted by molar-refractivity contribution is 8.76. The molecule has 448 valence electrons. The summed E-state index contributed by atoms with van der Waals surface area (Å²) in [6, 6.07) is 22.5. The molecule has 3 saturated heterocycles. The summed E-state index contributed by atoms with van der Waals surface area (Å²) >= 11 is 0. The highest BCUT2D eigenvalue weighted by Gasteiger charge is 2.91. The summed E-state index contributed by atoms with van der Waals surface area (Å²) in [4.78, 5) is 19.7. The number of allylic oxidation sites excluding steroid dienone is 2. The molecule has 12 fully saturated rings. The summed E-state index contributed by atoms with van der Waals surface area (Å²) in [5, 5.41) is 89.8. The third-order valence-electron chi connectivity index (χ3n) is 29.2. The zero-order valence-corrected chi connectivity index (χ0v) is 50.4. The molecule has 1 aromatic heterocycles. The Labute approximate surface area is 504 Å². The van der Waals surface area contributed by atoms with E-state index in [1.165, 1.54) is 24.0 Å². The number of ether oxygens (including phenoxy) is 3. The molecule has 11 aliphatic carbocycles. The Hall–Kier alpha value is -3.67. The molecule has 5 aromatic rings. The molecule has 6 bridgehead atoms. The van der Waals surface area contributed by atoms with Crippen LogP contribution in [0, 0.1) is 80.3 Å². The summed E-state index contributed by atoms with van der Waals surface area (Å²) < 4.78 is 22.2. The lowest BCUT2D eigenvalue weighted by Crippen LogP contribution is -2.83. The smallest absolute Gasteiger partial charge is 0.343 e. The molecule has 8 N–H and O–H groups in total. The van der Waals surface area contributed by atoms with Crippen LogP contribution in [0.2, 0.25) is 0 Å². The van der Waals surface area contributed by atoms with E-state index in [9.17, 15) is 30.6 Å². The van der Waals surface area contributed by atoms with Gasteiger partial charge in [-0.1, -0.05) is 89.4 Å². The molecule has 0 radical (unpaired) electrons. The average Bonchev–Trinajstić information content (AvgIpc) is 1.51. The SMILES string of the molecule is CN[C@H]1CSSC[C@H]2c3cc(O)ccc3[C@@]34[C@@H](CC[C@@]35[C@H](O)[C@@H]1C[C@@H]1[C@H]5O[C@H]3[C@H](C(=O)Oc5c(CO)[nH]c6ccc7cc8ccccc8cc7c56)O[C@@]5(O)[C@H](O)[C@@]6(C[C@@H]1[C@@]35O)[C@]13CCC5(CCCC5)[C@H]1C=C[C@H]1CCC[C@@]16CC3)C[C@@H]1CC[C@H]2[C@@H]14. The van der Waals surface area contributed by atoms with Crippen LogP contribution in [-0.4, -0.2) is 108 Å².